The molecule has 1 atom stereocenters. The monoisotopic (exact) mass is 411 g/mol. The molecular formula is C24H33N3O3. The van der Waals surface area contributed by atoms with Gasteiger partial charge in [0.1, 0.15) is 0 Å². The van der Waals surface area contributed by atoms with E-state index >= 15 is 0 Å². The summed E-state index contributed by atoms with van der Waals surface area (Å²) in [6.45, 7) is 7.94. The van der Waals surface area contributed by atoms with Crippen LogP contribution in [0.4, 0.5) is 5.69 Å². The first-order valence-corrected chi connectivity index (χ1v) is 10.4. The molecule has 1 aliphatic rings. The zero-order valence-electron chi connectivity index (χ0n) is 18.7. The van der Waals surface area contributed by atoms with Crippen LogP contribution in [0, 0.1) is 6.92 Å². The number of ether oxygens (including phenoxy) is 2. The van der Waals surface area contributed by atoms with Crippen molar-refractivity contribution in [2.75, 3.05) is 52.3 Å². The Labute approximate surface area is 180 Å². The first-order chi connectivity index (χ1) is 14.4. The molecule has 6 nitrogen and oxygen atoms in total. The SMILES string of the molecule is COc1cc(C)c(CN(C)[C@@H](C)C(=O)N2CCN(c3ccccc3)CC2)cc1OC. The lowest BCUT2D eigenvalue weighted by atomic mass is 10.1. The van der Waals surface area contributed by atoms with Crippen LogP contribution < -0.4 is 14.4 Å². The summed E-state index contributed by atoms with van der Waals surface area (Å²) in [6.07, 6.45) is 0. The summed E-state index contributed by atoms with van der Waals surface area (Å²) in [5, 5.41) is 0. The van der Waals surface area contributed by atoms with E-state index < -0.39 is 0 Å². The lowest BCUT2D eigenvalue weighted by molar-refractivity contribution is -0.136. The number of anilines is 1. The quantitative estimate of drug-likeness (QED) is 0.700. The van der Waals surface area contributed by atoms with E-state index in [1.54, 1.807) is 14.2 Å². The Bertz CT molecular complexity index is 848. The highest BCUT2D eigenvalue weighted by molar-refractivity contribution is 5.81. The maximum Gasteiger partial charge on any atom is 0.239 e. The summed E-state index contributed by atoms with van der Waals surface area (Å²) < 4.78 is 10.8. The number of aryl methyl sites for hydroxylation is 1. The molecule has 0 bridgehead atoms. The molecule has 6 heteroatoms. The Balaban J connectivity index is 1.60. The van der Waals surface area contributed by atoms with Crippen LogP contribution in [0.3, 0.4) is 0 Å². The molecule has 162 valence electrons. The number of carbonyl (C=O) groups is 1. The highest BCUT2D eigenvalue weighted by Crippen LogP contribution is 2.31. The van der Waals surface area contributed by atoms with Crippen molar-refractivity contribution in [1.82, 2.24) is 9.80 Å². The summed E-state index contributed by atoms with van der Waals surface area (Å²) >= 11 is 0. The van der Waals surface area contributed by atoms with Gasteiger partial charge in [-0.25, -0.2) is 0 Å². The first kappa shape index (κ1) is 22.0. The molecule has 0 spiro atoms. The van der Waals surface area contributed by atoms with Gasteiger partial charge in [-0.15, -0.1) is 0 Å². The number of hydrogen-bond donors (Lipinski definition) is 0. The number of methoxy groups -OCH3 is 2. The molecular weight excluding hydrogens is 378 g/mol. The summed E-state index contributed by atoms with van der Waals surface area (Å²) in [5.41, 5.74) is 3.47. The number of para-hydroxylation sites is 1. The molecule has 0 radical (unpaired) electrons. The van der Waals surface area contributed by atoms with Crippen molar-refractivity contribution in [2.24, 2.45) is 0 Å². The molecule has 1 aliphatic heterocycles. The molecule has 1 saturated heterocycles. The molecule has 0 N–H and O–H groups in total. The van der Waals surface area contributed by atoms with Gasteiger partial charge in [0.15, 0.2) is 11.5 Å². The number of piperazine rings is 1. The Hall–Kier alpha value is -2.73. The number of amides is 1. The van der Waals surface area contributed by atoms with E-state index in [1.165, 1.54) is 5.69 Å². The Kier molecular flexibility index (Phi) is 7.21. The molecule has 2 aromatic carbocycles. The molecule has 0 saturated carbocycles. The van der Waals surface area contributed by atoms with E-state index in [4.69, 9.17) is 9.47 Å². The highest BCUT2D eigenvalue weighted by atomic mass is 16.5. The summed E-state index contributed by atoms with van der Waals surface area (Å²) in [4.78, 5) is 19.5. The van der Waals surface area contributed by atoms with Gasteiger partial charge in [-0.3, -0.25) is 9.69 Å². The van der Waals surface area contributed by atoms with E-state index in [1.807, 2.05) is 37.1 Å². The normalized spacial score (nSPS) is 15.3. The van der Waals surface area contributed by atoms with Crippen molar-refractivity contribution < 1.29 is 14.3 Å². The van der Waals surface area contributed by atoms with Crippen molar-refractivity contribution in [3.05, 3.63) is 53.6 Å². The van der Waals surface area contributed by atoms with Gasteiger partial charge in [0, 0.05) is 38.4 Å². The van der Waals surface area contributed by atoms with Gasteiger partial charge in [-0.2, -0.15) is 0 Å². The van der Waals surface area contributed by atoms with Crippen LogP contribution in [0.1, 0.15) is 18.1 Å². The number of nitrogens with zero attached hydrogens (tertiary/aromatic N) is 3. The number of carbonyl (C=O) groups excluding carboxylic acids is 1. The standard InChI is InChI=1S/C24H33N3O3/c1-18-15-22(29-4)23(30-5)16-20(18)17-25(3)19(2)24(28)27-13-11-26(12-14-27)21-9-7-6-8-10-21/h6-10,15-16,19H,11-14,17H2,1-5H3/t19-/m0/s1. The fraction of sp³-hybridized carbons (Fsp3) is 0.458. The molecule has 0 aromatic heterocycles. The largest absolute Gasteiger partial charge is 0.493 e. The van der Waals surface area contributed by atoms with Gasteiger partial charge in [-0.05, 0) is 56.3 Å². The summed E-state index contributed by atoms with van der Waals surface area (Å²) in [6, 6.07) is 14.2. The number of likely N-dealkylation sites (N-methyl/N-ethyl adjacent to an activating group) is 1. The van der Waals surface area contributed by atoms with E-state index in [0.29, 0.717) is 12.3 Å². The van der Waals surface area contributed by atoms with Gasteiger partial charge < -0.3 is 19.3 Å². The van der Waals surface area contributed by atoms with Gasteiger partial charge >= 0.3 is 0 Å². The minimum absolute atomic E-state index is 0.184. The minimum atomic E-state index is -0.194. The molecule has 1 amide bonds. The second kappa shape index (κ2) is 9.85. The van der Waals surface area contributed by atoms with Crippen molar-refractivity contribution >= 4 is 11.6 Å². The van der Waals surface area contributed by atoms with Gasteiger partial charge in [-0.1, -0.05) is 18.2 Å². The fourth-order valence-electron chi connectivity index (χ4n) is 3.88. The van der Waals surface area contributed by atoms with Crippen LogP contribution in [-0.4, -0.2) is 69.2 Å². The van der Waals surface area contributed by atoms with Crippen LogP contribution in [0.2, 0.25) is 0 Å². The Morgan fingerprint density at radius 3 is 2.23 bits per heavy atom. The van der Waals surface area contributed by atoms with Crippen molar-refractivity contribution in [2.45, 2.75) is 26.4 Å². The number of rotatable bonds is 7. The van der Waals surface area contributed by atoms with Gasteiger partial charge in [0.25, 0.3) is 0 Å². The molecule has 30 heavy (non-hydrogen) atoms. The third kappa shape index (κ3) is 4.87. The third-order valence-corrected chi connectivity index (χ3v) is 5.99. The van der Waals surface area contributed by atoms with Crippen molar-refractivity contribution in [3.63, 3.8) is 0 Å². The average Bonchev–Trinajstić information content (AvgIpc) is 2.79. The minimum Gasteiger partial charge on any atom is -0.493 e. The predicted octanol–water partition coefficient (Wildman–Crippen LogP) is 3.18. The maximum absolute atomic E-state index is 13.1. The lowest BCUT2D eigenvalue weighted by Crippen LogP contribution is -2.53. The summed E-state index contributed by atoms with van der Waals surface area (Å²) in [7, 11) is 5.28. The predicted molar refractivity (Wildman–Crippen MR) is 120 cm³/mol. The Morgan fingerprint density at radius 1 is 1.03 bits per heavy atom. The van der Waals surface area contributed by atoms with Crippen molar-refractivity contribution in [3.8, 4) is 11.5 Å². The van der Waals surface area contributed by atoms with E-state index in [0.717, 1.165) is 43.1 Å². The van der Waals surface area contributed by atoms with Crippen LogP contribution in [0.25, 0.3) is 0 Å². The zero-order valence-corrected chi connectivity index (χ0v) is 18.7. The average molecular weight is 412 g/mol. The van der Waals surface area contributed by atoms with E-state index in [2.05, 4.69) is 41.0 Å². The third-order valence-electron chi connectivity index (χ3n) is 5.99. The zero-order chi connectivity index (χ0) is 21.7. The first-order valence-electron chi connectivity index (χ1n) is 10.4. The van der Waals surface area contributed by atoms with Gasteiger partial charge in [0.05, 0.1) is 20.3 Å². The molecule has 1 heterocycles. The van der Waals surface area contributed by atoms with E-state index in [9.17, 15) is 4.79 Å². The van der Waals surface area contributed by atoms with Crippen LogP contribution in [-0.2, 0) is 11.3 Å². The van der Waals surface area contributed by atoms with Gasteiger partial charge in [0.2, 0.25) is 5.91 Å². The highest BCUT2D eigenvalue weighted by Gasteiger charge is 2.27. The second-order valence-corrected chi connectivity index (χ2v) is 7.87. The maximum atomic E-state index is 13.1. The van der Waals surface area contributed by atoms with Crippen LogP contribution >= 0.6 is 0 Å². The topological polar surface area (TPSA) is 45.2 Å². The van der Waals surface area contributed by atoms with Crippen molar-refractivity contribution in [1.29, 1.82) is 0 Å². The number of benzene rings is 2. The Morgan fingerprint density at radius 2 is 1.63 bits per heavy atom. The fourth-order valence-corrected chi connectivity index (χ4v) is 3.88. The number of hydrogen-bond acceptors (Lipinski definition) is 5. The smallest absolute Gasteiger partial charge is 0.239 e. The van der Waals surface area contributed by atoms with Crippen LogP contribution in [0.15, 0.2) is 42.5 Å². The molecule has 1 fully saturated rings. The van der Waals surface area contributed by atoms with Crippen LogP contribution in [0.5, 0.6) is 11.5 Å². The molecule has 3 rings (SSSR count). The molecule has 0 aliphatic carbocycles. The molecule has 2 aromatic rings. The lowest BCUT2D eigenvalue weighted by Gasteiger charge is -2.38. The van der Waals surface area contributed by atoms with E-state index in [-0.39, 0.29) is 11.9 Å². The molecule has 0 unspecified atom stereocenters. The summed E-state index contributed by atoms with van der Waals surface area (Å²) in [5.74, 6) is 1.62. The second-order valence-electron chi connectivity index (χ2n) is 7.87.